The van der Waals surface area contributed by atoms with Crippen molar-refractivity contribution < 1.29 is 31.6 Å². The van der Waals surface area contributed by atoms with Crippen LogP contribution in [0.4, 0.5) is 13.2 Å². The van der Waals surface area contributed by atoms with Crippen molar-refractivity contribution in [3.8, 4) is 5.75 Å². The Morgan fingerprint density at radius 3 is 2.50 bits per heavy atom. The fourth-order valence-corrected chi connectivity index (χ4v) is 3.79. The van der Waals surface area contributed by atoms with E-state index in [2.05, 4.69) is 9.13 Å². The van der Waals surface area contributed by atoms with Crippen LogP contribution in [0.15, 0.2) is 69.1 Å². The summed E-state index contributed by atoms with van der Waals surface area (Å²) in [7, 11) is -0.511. The number of benzene rings is 2. The molecular weight excluding hydrogens is 447 g/mol. The Balaban J connectivity index is 1.65. The van der Waals surface area contributed by atoms with Crippen molar-refractivity contribution >= 4 is 23.1 Å². The van der Waals surface area contributed by atoms with Gasteiger partial charge in [-0.1, -0.05) is 18.2 Å². The Kier molecular flexibility index (Phi) is 7.65. The Bertz CT molecular complexity index is 1060. The summed E-state index contributed by atoms with van der Waals surface area (Å²) in [5.41, 5.74) is 6.94. The van der Waals surface area contributed by atoms with E-state index in [1.165, 1.54) is 60.7 Å². The van der Waals surface area contributed by atoms with Crippen molar-refractivity contribution in [2.24, 2.45) is 10.1 Å². The molecule has 7 nitrogen and oxygen atoms in total. The number of amides is 1. The van der Waals surface area contributed by atoms with Gasteiger partial charge in [0.05, 0.1) is 11.4 Å². The quantitative estimate of drug-likeness (QED) is 0.603. The molecule has 32 heavy (non-hydrogen) atoms. The summed E-state index contributed by atoms with van der Waals surface area (Å²) in [6.07, 6.45) is 0.163. The number of halogens is 3. The van der Waals surface area contributed by atoms with E-state index in [0.29, 0.717) is 11.3 Å². The first-order valence-electron chi connectivity index (χ1n) is 9.34. The van der Waals surface area contributed by atoms with E-state index in [4.69, 9.17) is 10.5 Å². The normalized spacial score (nSPS) is 16.1. The third-order valence-electron chi connectivity index (χ3n) is 4.65. The molecule has 2 aromatic carbocycles. The molecule has 0 saturated heterocycles. The third kappa shape index (κ3) is 5.54. The summed E-state index contributed by atoms with van der Waals surface area (Å²) < 4.78 is 64.3. The average molecular weight is 467 g/mol. The van der Waals surface area contributed by atoms with Gasteiger partial charge in [-0.05, 0) is 30.3 Å². The van der Waals surface area contributed by atoms with E-state index in [-0.39, 0.29) is 29.3 Å². The lowest BCUT2D eigenvalue weighted by atomic mass is 10.1. The molecule has 1 amide bonds. The zero-order chi connectivity index (χ0) is 23.3. The molecular formula is C21H20F3N3O4S. The largest absolute Gasteiger partial charge is 0.435 e. The molecule has 0 radical (unpaired) electrons. The fraction of sp³-hybridized carbons (Fsp3) is 0.238. The van der Waals surface area contributed by atoms with Crippen LogP contribution < -0.4 is 10.5 Å². The number of ether oxygens (including phenoxy) is 2. The summed E-state index contributed by atoms with van der Waals surface area (Å²) in [6.45, 7) is -2.79. The number of nitrogens with two attached hydrogens (primary N) is 1. The van der Waals surface area contributed by atoms with Crippen molar-refractivity contribution in [3.05, 3.63) is 71.2 Å². The maximum Gasteiger partial charge on any atom is 0.387 e. The number of rotatable bonds is 8. The minimum Gasteiger partial charge on any atom is -0.435 e. The van der Waals surface area contributed by atoms with E-state index in [1.807, 2.05) is 0 Å². The molecule has 1 aliphatic heterocycles. The molecule has 0 bridgehead atoms. The Morgan fingerprint density at radius 2 is 1.88 bits per heavy atom. The maximum atomic E-state index is 14.1. The van der Waals surface area contributed by atoms with Crippen LogP contribution in [0.25, 0.3) is 0 Å². The molecule has 2 atom stereocenters. The highest BCUT2D eigenvalue weighted by molar-refractivity contribution is 7.83. The van der Waals surface area contributed by atoms with Crippen LogP contribution in [-0.2, 0) is 20.5 Å². The molecule has 0 spiro atoms. The van der Waals surface area contributed by atoms with E-state index >= 15 is 0 Å². The molecule has 2 N–H and O–H groups in total. The number of carbonyl (C=O) groups is 1. The number of hydrogen-bond donors (Lipinski definition) is 1. The fourth-order valence-electron chi connectivity index (χ4n) is 3.07. The van der Waals surface area contributed by atoms with Crippen LogP contribution in [0, 0.1) is 5.82 Å². The molecule has 2 unspecified atom stereocenters. The number of hydrogen-bond acceptors (Lipinski definition) is 5. The second-order valence-corrected chi connectivity index (χ2v) is 7.90. The highest BCUT2D eigenvalue weighted by Gasteiger charge is 2.31. The second-order valence-electron chi connectivity index (χ2n) is 6.72. The maximum absolute atomic E-state index is 14.1. The van der Waals surface area contributed by atoms with Gasteiger partial charge in [-0.15, -0.1) is 0 Å². The molecule has 0 aliphatic carbocycles. The van der Waals surface area contributed by atoms with Crippen molar-refractivity contribution in [1.29, 1.82) is 0 Å². The molecule has 0 aromatic heterocycles. The van der Waals surface area contributed by atoms with Gasteiger partial charge in [-0.2, -0.15) is 13.2 Å². The van der Waals surface area contributed by atoms with Gasteiger partial charge in [-0.3, -0.25) is 4.79 Å². The molecule has 2 aromatic rings. The summed E-state index contributed by atoms with van der Waals surface area (Å²) in [6, 6.07) is 11.0. The zero-order valence-corrected chi connectivity index (χ0v) is 17.7. The van der Waals surface area contributed by atoms with Crippen LogP contribution in [0.5, 0.6) is 5.75 Å². The van der Waals surface area contributed by atoms with Crippen LogP contribution in [0.2, 0.25) is 0 Å². The molecule has 0 saturated carbocycles. The van der Waals surface area contributed by atoms with Gasteiger partial charge in [0, 0.05) is 36.7 Å². The van der Waals surface area contributed by atoms with Gasteiger partial charge in [0.25, 0.3) is 5.91 Å². The van der Waals surface area contributed by atoms with Crippen molar-refractivity contribution in [1.82, 2.24) is 4.90 Å². The minimum atomic E-state index is -2.96. The standard InChI is InChI=1S/C21H20F3N3O4S/c1-30-19(16-4-2-3-5-17(16)22)20(28)27-11-13(18(25)12-27)10-26-32(29)15-8-6-14(7-9-15)31-21(23)24/h2-10,19,21H,11-12,25H2,1H3/b26-10+. The van der Waals surface area contributed by atoms with Gasteiger partial charge in [0.2, 0.25) is 0 Å². The molecule has 1 aliphatic rings. The Hall–Kier alpha value is -3.18. The first-order chi connectivity index (χ1) is 15.3. The summed E-state index contributed by atoms with van der Waals surface area (Å²) in [5.74, 6) is -1.10. The van der Waals surface area contributed by atoms with Crippen LogP contribution in [0.1, 0.15) is 11.7 Å². The highest BCUT2D eigenvalue weighted by atomic mass is 32.2. The van der Waals surface area contributed by atoms with Crippen LogP contribution >= 0.6 is 0 Å². The Labute approximate surface area is 184 Å². The predicted molar refractivity (Wildman–Crippen MR) is 112 cm³/mol. The number of nitrogens with zero attached hydrogens (tertiary/aromatic N) is 2. The molecule has 1 heterocycles. The van der Waals surface area contributed by atoms with E-state index < -0.39 is 35.4 Å². The summed E-state index contributed by atoms with van der Waals surface area (Å²) in [4.78, 5) is 14.5. The van der Waals surface area contributed by atoms with Crippen LogP contribution in [0.3, 0.4) is 0 Å². The third-order valence-corrected chi connectivity index (χ3v) is 5.62. The molecule has 3 rings (SSSR count). The monoisotopic (exact) mass is 467 g/mol. The number of alkyl halides is 2. The van der Waals surface area contributed by atoms with Gasteiger partial charge >= 0.3 is 6.61 Å². The summed E-state index contributed by atoms with van der Waals surface area (Å²) in [5, 5.41) is 0. The lowest BCUT2D eigenvalue weighted by molar-refractivity contribution is -0.141. The molecule has 11 heteroatoms. The topological polar surface area (TPSA) is 94.2 Å². The van der Waals surface area contributed by atoms with Crippen molar-refractivity contribution in [2.45, 2.75) is 17.6 Å². The smallest absolute Gasteiger partial charge is 0.387 e. The molecule has 0 fully saturated rings. The van der Waals surface area contributed by atoms with E-state index in [0.717, 1.165) is 0 Å². The SMILES string of the molecule is COC(C(=O)N1CC(N)=C(/C=N/S(=O)c2ccc(OC(F)F)cc2)C1)c1ccccc1F. The van der Waals surface area contributed by atoms with Crippen LogP contribution in [-0.4, -0.2) is 48.0 Å². The number of methoxy groups -OCH3 is 1. The Morgan fingerprint density at radius 1 is 1.19 bits per heavy atom. The van der Waals surface area contributed by atoms with Gasteiger partial charge in [0.15, 0.2) is 17.1 Å². The van der Waals surface area contributed by atoms with Gasteiger partial charge in [0.1, 0.15) is 11.6 Å². The zero-order valence-electron chi connectivity index (χ0n) is 16.9. The van der Waals surface area contributed by atoms with E-state index in [1.54, 1.807) is 6.07 Å². The number of carbonyl (C=O) groups excluding carboxylic acids is 1. The highest BCUT2D eigenvalue weighted by Crippen LogP contribution is 2.25. The van der Waals surface area contributed by atoms with Gasteiger partial charge in [-0.25, -0.2) is 8.60 Å². The summed E-state index contributed by atoms with van der Waals surface area (Å²) >= 11 is 0. The van der Waals surface area contributed by atoms with Crippen molar-refractivity contribution in [3.63, 3.8) is 0 Å². The van der Waals surface area contributed by atoms with Crippen molar-refractivity contribution in [2.75, 3.05) is 20.2 Å². The minimum absolute atomic E-state index is 0.0656. The average Bonchev–Trinajstić information content (AvgIpc) is 3.14. The lowest BCUT2D eigenvalue weighted by Gasteiger charge is -2.23. The first-order valence-corrected chi connectivity index (χ1v) is 10.4. The van der Waals surface area contributed by atoms with E-state index in [9.17, 15) is 22.2 Å². The molecule has 170 valence electrons. The lowest BCUT2D eigenvalue weighted by Crippen LogP contribution is -2.35. The second kappa shape index (κ2) is 10.4. The first kappa shape index (κ1) is 23.5. The predicted octanol–water partition coefficient (Wildman–Crippen LogP) is 2.96. The van der Waals surface area contributed by atoms with Gasteiger partial charge < -0.3 is 20.1 Å².